The summed E-state index contributed by atoms with van der Waals surface area (Å²) in [6.07, 6.45) is 2.15. The third-order valence-electron chi connectivity index (χ3n) is 3.80. The van der Waals surface area contributed by atoms with E-state index in [1.807, 2.05) is 32.0 Å². The first-order valence-corrected chi connectivity index (χ1v) is 6.52. The lowest BCUT2D eigenvalue weighted by molar-refractivity contribution is -0.117. The van der Waals surface area contributed by atoms with Crippen LogP contribution < -0.4 is 4.90 Å². The Hall–Kier alpha value is -1.64. The summed E-state index contributed by atoms with van der Waals surface area (Å²) in [4.78, 5) is 25.5. The second-order valence-electron chi connectivity index (χ2n) is 4.85. The standard InChI is InChI=1S/C15H19NO2/c1-4-10(5-2)15(18)11-6-7-13-12(8-11)9-14(17)16(13)3/h6-8,10H,4-5,9H2,1-3H3. The van der Waals surface area contributed by atoms with E-state index in [1.54, 1.807) is 11.9 Å². The lowest BCUT2D eigenvalue weighted by Crippen LogP contribution is -2.20. The van der Waals surface area contributed by atoms with E-state index in [9.17, 15) is 9.59 Å². The van der Waals surface area contributed by atoms with Crippen LogP contribution in [0, 0.1) is 5.92 Å². The maximum atomic E-state index is 12.3. The molecule has 0 spiro atoms. The van der Waals surface area contributed by atoms with E-state index in [4.69, 9.17) is 0 Å². The summed E-state index contributed by atoms with van der Waals surface area (Å²) < 4.78 is 0. The fourth-order valence-electron chi connectivity index (χ4n) is 2.52. The van der Waals surface area contributed by atoms with Crippen molar-refractivity contribution in [2.75, 3.05) is 11.9 Å². The number of hydrogen-bond donors (Lipinski definition) is 0. The average Bonchev–Trinajstić information content (AvgIpc) is 2.66. The van der Waals surface area contributed by atoms with Crippen molar-refractivity contribution in [2.24, 2.45) is 5.92 Å². The highest BCUT2D eigenvalue weighted by Crippen LogP contribution is 2.29. The van der Waals surface area contributed by atoms with E-state index >= 15 is 0 Å². The normalized spacial score (nSPS) is 14.2. The van der Waals surface area contributed by atoms with Crippen molar-refractivity contribution in [2.45, 2.75) is 33.1 Å². The predicted molar refractivity (Wildman–Crippen MR) is 72.0 cm³/mol. The Balaban J connectivity index is 2.31. The first kappa shape index (κ1) is 12.8. The van der Waals surface area contributed by atoms with Crippen LogP contribution in [0.4, 0.5) is 5.69 Å². The van der Waals surface area contributed by atoms with Crippen LogP contribution in [0.15, 0.2) is 18.2 Å². The van der Waals surface area contributed by atoms with E-state index in [-0.39, 0.29) is 17.6 Å². The average molecular weight is 245 g/mol. The quantitative estimate of drug-likeness (QED) is 0.765. The number of carbonyl (C=O) groups is 2. The van der Waals surface area contributed by atoms with Gasteiger partial charge < -0.3 is 4.90 Å². The van der Waals surface area contributed by atoms with Crippen LogP contribution in [0.2, 0.25) is 0 Å². The second-order valence-corrected chi connectivity index (χ2v) is 4.85. The molecule has 3 nitrogen and oxygen atoms in total. The SMILES string of the molecule is CCC(CC)C(=O)c1ccc2c(c1)CC(=O)N2C. The monoisotopic (exact) mass is 245 g/mol. The molecule has 1 aromatic carbocycles. The van der Waals surface area contributed by atoms with E-state index in [0.717, 1.165) is 29.7 Å². The number of carbonyl (C=O) groups excluding carboxylic acids is 2. The molecule has 1 aliphatic rings. The smallest absolute Gasteiger partial charge is 0.231 e. The summed E-state index contributed by atoms with van der Waals surface area (Å²) in [5.74, 6) is 0.389. The van der Waals surface area contributed by atoms with E-state index < -0.39 is 0 Å². The Kier molecular flexibility index (Phi) is 3.50. The molecule has 1 amide bonds. The minimum absolute atomic E-state index is 0.0946. The summed E-state index contributed by atoms with van der Waals surface area (Å²) >= 11 is 0. The van der Waals surface area contributed by atoms with Gasteiger partial charge in [0.25, 0.3) is 0 Å². The molecule has 2 rings (SSSR count). The molecule has 3 heteroatoms. The Morgan fingerprint density at radius 3 is 2.61 bits per heavy atom. The summed E-state index contributed by atoms with van der Waals surface area (Å²) in [6.45, 7) is 4.08. The Morgan fingerprint density at radius 1 is 1.33 bits per heavy atom. The van der Waals surface area contributed by atoms with E-state index in [0.29, 0.717) is 6.42 Å². The largest absolute Gasteiger partial charge is 0.315 e. The number of nitrogens with zero attached hydrogens (tertiary/aromatic N) is 1. The minimum Gasteiger partial charge on any atom is -0.315 e. The molecule has 0 N–H and O–H groups in total. The molecule has 1 heterocycles. The summed E-state index contributed by atoms with van der Waals surface area (Å²) in [7, 11) is 1.77. The van der Waals surface area contributed by atoms with Crippen LogP contribution >= 0.6 is 0 Å². The van der Waals surface area contributed by atoms with Gasteiger partial charge in [0.2, 0.25) is 5.91 Å². The molecule has 0 radical (unpaired) electrons. The molecule has 0 fully saturated rings. The Labute approximate surface area is 108 Å². The molecule has 0 saturated heterocycles. The van der Waals surface area contributed by atoms with Crippen molar-refractivity contribution in [1.82, 2.24) is 0 Å². The van der Waals surface area contributed by atoms with Gasteiger partial charge in [0.1, 0.15) is 0 Å². The van der Waals surface area contributed by atoms with Gasteiger partial charge in [-0.25, -0.2) is 0 Å². The molecule has 0 aromatic heterocycles. The predicted octanol–water partition coefficient (Wildman–Crippen LogP) is 2.82. The zero-order chi connectivity index (χ0) is 13.3. The van der Waals surface area contributed by atoms with Crippen molar-refractivity contribution in [3.05, 3.63) is 29.3 Å². The second kappa shape index (κ2) is 4.92. The van der Waals surface area contributed by atoms with Gasteiger partial charge in [-0.2, -0.15) is 0 Å². The first-order valence-electron chi connectivity index (χ1n) is 6.52. The van der Waals surface area contributed by atoms with E-state index in [2.05, 4.69) is 0 Å². The van der Waals surface area contributed by atoms with Crippen molar-refractivity contribution in [3.63, 3.8) is 0 Å². The number of amides is 1. The van der Waals surface area contributed by atoms with Crippen LogP contribution in [-0.4, -0.2) is 18.7 Å². The third kappa shape index (κ3) is 2.05. The molecule has 0 atom stereocenters. The lowest BCUT2D eigenvalue weighted by atomic mass is 9.92. The minimum atomic E-state index is 0.0946. The van der Waals surface area contributed by atoms with Crippen molar-refractivity contribution < 1.29 is 9.59 Å². The van der Waals surface area contributed by atoms with Gasteiger partial charge in [-0.1, -0.05) is 13.8 Å². The van der Waals surface area contributed by atoms with Crippen LogP contribution in [0.1, 0.15) is 42.6 Å². The molecule has 1 aliphatic heterocycles. The van der Waals surface area contributed by atoms with Crippen molar-refractivity contribution >= 4 is 17.4 Å². The fourth-order valence-corrected chi connectivity index (χ4v) is 2.52. The van der Waals surface area contributed by atoms with Gasteiger partial charge in [-0.05, 0) is 36.6 Å². The zero-order valence-corrected chi connectivity index (χ0v) is 11.2. The Bertz CT molecular complexity index is 489. The molecular weight excluding hydrogens is 226 g/mol. The zero-order valence-electron chi connectivity index (χ0n) is 11.2. The molecule has 0 bridgehead atoms. The summed E-state index contributed by atoms with van der Waals surface area (Å²) in [5.41, 5.74) is 2.64. The molecule has 0 unspecified atom stereocenters. The van der Waals surface area contributed by atoms with E-state index in [1.165, 1.54) is 0 Å². The van der Waals surface area contributed by atoms with Gasteiger partial charge in [-0.3, -0.25) is 9.59 Å². The molecule has 1 aromatic rings. The molecular formula is C15H19NO2. The molecule has 0 saturated carbocycles. The van der Waals surface area contributed by atoms with Gasteiger partial charge in [0.05, 0.1) is 6.42 Å². The number of fused-ring (bicyclic) bond motifs is 1. The number of hydrogen-bond acceptors (Lipinski definition) is 2. The van der Waals surface area contributed by atoms with Crippen LogP contribution in [0.3, 0.4) is 0 Å². The molecule has 96 valence electrons. The summed E-state index contributed by atoms with van der Waals surface area (Å²) in [6, 6.07) is 5.61. The Morgan fingerprint density at radius 2 is 2.00 bits per heavy atom. The summed E-state index contributed by atoms with van der Waals surface area (Å²) in [5, 5.41) is 0. The fraction of sp³-hybridized carbons (Fsp3) is 0.467. The first-order chi connectivity index (χ1) is 8.58. The van der Waals surface area contributed by atoms with Gasteiger partial charge >= 0.3 is 0 Å². The van der Waals surface area contributed by atoms with Crippen molar-refractivity contribution in [1.29, 1.82) is 0 Å². The highest BCUT2D eigenvalue weighted by Gasteiger charge is 2.25. The highest BCUT2D eigenvalue weighted by molar-refractivity contribution is 6.03. The molecule has 18 heavy (non-hydrogen) atoms. The van der Waals surface area contributed by atoms with Gasteiger partial charge in [0.15, 0.2) is 5.78 Å². The number of likely N-dealkylation sites (N-methyl/N-ethyl adjacent to an activating group) is 1. The van der Waals surface area contributed by atoms with Gasteiger partial charge in [0, 0.05) is 24.2 Å². The van der Waals surface area contributed by atoms with Crippen LogP contribution in [-0.2, 0) is 11.2 Å². The lowest BCUT2D eigenvalue weighted by Gasteiger charge is -2.13. The third-order valence-corrected chi connectivity index (χ3v) is 3.80. The maximum Gasteiger partial charge on any atom is 0.231 e. The molecule has 0 aliphatic carbocycles. The number of anilines is 1. The number of ketones is 1. The van der Waals surface area contributed by atoms with Gasteiger partial charge in [-0.15, -0.1) is 0 Å². The highest BCUT2D eigenvalue weighted by atomic mass is 16.2. The van der Waals surface area contributed by atoms with Crippen LogP contribution in [0.25, 0.3) is 0 Å². The maximum absolute atomic E-state index is 12.3. The number of Topliss-reactive ketones (excluding diaryl/α,β-unsaturated/α-hetero) is 1. The van der Waals surface area contributed by atoms with Crippen molar-refractivity contribution in [3.8, 4) is 0 Å². The number of rotatable bonds is 4. The topological polar surface area (TPSA) is 37.4 Å². The number of benzene rings is 1. The van der Waals surface area contributed by atoms with Crippen LogP contribution in [0.5, 0.6) is 0 Å².